The molecule has 1 fully saturated rings. The average Bonchev–Trinajstić information content (AvgIpc) is 3.66. The molecule has 0 radical (unpaired) electrons. The van der Waals surface area contributed by atoms with Gasteiger partial charge in [-0.25, -0.2) is 9.37 Å². The number of pyridine rings is 2. The minimum atomic E-state index is -0.549. The first-order valence-electron chi connectivity index (χ1n) is 16.3. The van der Waals surface area contributed by atoms with Crippen molar-refractivity contribution in [2.75, 3.05) is 30.4 Å². The summed E-state index contributed by atoms with van der Waals surface area (Å²) in [5.41, 5.74) is 5.88. The Morgan fingerprint density at radius 1 is 1.04 bits per heavy atom. The molecule has 3 aliphatic rings. The summed E-state index contributed by atoms with van der Waals surface area (Å²) >= 11 is 0. The summed E-state index contributed by atoms with van der Waals surface area (Å²) in [5.74, 6) is -0.758. The maximum Gasteiger partial charge on any atom is 0.302 e. The number of benzene rings is 1. The molecule has 0 bridgehead atoms. The van der Waals surface area contributed by atoms with Crippen molar-refractivity contribution in [3.05, 3.63) is 93.0 Å². The zero-order chi connectivity index (χ0) is 32.8. The Hall–Kier alpha value is -4.77. The monoisotopic (exact) mass is 638 g/mol. The number of nitrogens with zero attached hydrogens (tertiary/aromatic N) is 5. The van der Waals surface area contributed by atoms with Gasteiger partial charge in [0, 0.05) is 62.3 Å². The van der Waals surface area contributed by atoms with Crippen molar-refractivity contribution in [3.8, 4) is 11.1 Å². The number of carbonyl (C=O) groups is 2. The van der Waals surface area contributed by atoms with Crippen LogP contribution in [0.5, 0.6) is 0 Å². The van der Waals surface area contributed by atoms with Gasteiger partial charge in [-0.2, -0.15) is 0 Å². The second-order valence-corrected chi connectivity index (χ2v) is 12.8. The number of likely N-dealkylation sites (tertiary alicyclic amines) is 1. The second-order valence-electron chi connectivity index (χ2n) is 12.8. The van der Waals surface area contributed by atoms with Crippen molar-refractivity contribution in [3.63, 3.8) is 0 Å². The highest BCUT2D eigenvalue weighted by Crippen LogP contribution is 2.37. The van der Waals surface area contributed by atoms with E-state index in [4.69, 9.17) is 4.74 Å². The number of amides is 1. The van der Waals surface area contributed by atoms with E-state index in [1.807, 2.05) is 24.4 Å². The Morgan fingerprint density at radius 2 is 1.87 bits per heavy atom. The topological polar surface area (TPSA) is 102 Å². The van der Waals surface area contributed by atoms with Crippen molar-refractivity contribution >= 4 is 29.1 Å². The molecule has 47 heavy (non-hydrogen) atoms. The van der Waals surface area contributed by atoms with Crippen LogP contribution in [-0.4, -0.2) is 51.0 Å². The van der Waals surface area contributed by atoms with Gasteiger partial charge in [-0.15, -0.1) is 0 Å². The van der Waals surface area contributed by atoms with Crippen molar-refractivity contribution in [2.45, 2.75) is 64.6 Å². The van der Waals surface area contributed by atoms with Gasteiger partial charge in [0.2, 0.25) is 0 Å². The standard InChI is InChI=1S/C36H39FN6O4/c1-22(44)47-21-28-27(17-26(37)18-32(28)43-14-13-42-31-8-5-4-7-23(31)16-33(42)36(43)46)25-15-29(35(45)41(3)20-25)39-34-11-10-24(19-38-34)30-9-6-12-40(30)2/h10-11,15-20,30H,4-9,12-14,21H2,1-3H3,(H,38,39). The smallest absolute Gasteiger partial charge is 0.302 e. The lowest BCUT2D eigenvalue weighted by atomic mass is 9.97. The number of carbonyl (C=O) groups excluding carboxylic acids is 2. The van der Waals surface area contributed by atoms with Crippen LogP contribution in [0.15, 0.2) is 53.6 Å². The number of ether oxygens (including phenoxy) is 1. The Labute approximate surface area is 272 Å². The molecule has 1 aliphatic carbocycles. The first-order chi connectivity index (χ1) is 22.7. The number of esters is 1. The van der Waals surface area contributed by atoms with Gasteiger partial charge in [0.05, 0.1) is 5.69 Å². The number of aromatic nitrogens is 3. The number of rotatable bonds is 7. The molecule has 4 aromatic rings. The molecule has 2 aliphatic heterocycles. The molecule has 7 rings (SSSR count). The van der Waals surface area contributed by atoms with Crippen LogP contribution in [0.25, 0.3) is 11.1 Å². The van der Waals surface area contributed by atoms with E-state index in [0.29, 0.717) is 53.0 Å². The molecule has 3 aromatic heterocycles. The third-order valence-electron chi connectivity index (χ3n) is 9.77. The molecule has 5 heterocycles. The number of anilines is 3. The molecule has 1 aromatic carbocycles. The summed E-state index contributed by atoms with van der Waals surface area (Å²) < 4.78 is 24.5. The number of fused-ring (bicyclic) bond motifs is 3. The minimum Gasteiger partial charge on any atom is -0.461 e. The molecular weight excluding hydrogens is 599 g/mol. The predicted octanol–water partition coefficient (Wildman–Crippen LogP) is 5.50. The van der Waals surface area contributed by atoms with Gasteiger partial charge in [-0.05, 0) is 99.1 Å². The van der Waals surface area contributed by atoms with Gasteiger partial charge in [-0.1, -0.05) is 6.07 Å². The van der Waals surface area contributed by atoms with E-state index in [9.17, 15) is 14.4 Å². The SMILES string of the molecule is CC(=O)OCc1c(-c2cc(Nc3ccc(C4CCCN4C)cn3)c(=O)n(C)c2)cc(F)cc1N1CCn2c(cc3c2CCCC3)C1=O. The molecule has 1 N–H and O–H groups in total. The number of nitrogens with one attached hydrogen (secondary N) is 1. The lowest BCUT2D eigenvalue weighted by molar-refractivity contribution is -0.142. The normalized spacial score (nSPS) is 17.8. The quantitative estimate of drug-likeness (QED) is 0.267. The van der Waals surface area contributed by atoms with Crippen molar-refractivity contribution in [2.24, 2.45) is 7.05 Å². The molecule has 0 spiro atoms. The second kappa shape index (κ2) is 12.4. The van der Waals surface area contributed by atoms with Crippen LogP contribution >= 0.6 is 0 Å². The highest BCUT2D eigenvalue weighted by molar-refractivity contribution is 6.07. The number of halogens is 1. The van der Waals surface area contributed by atoms with Gasteiger partial charge >= 0.3 is 5.97 Å². The maximum absolute atomic E-state index is 15.5. The van der Waals surface area contributed by atoms with Gasteiger partial charge in [0.25, 0.3) is 11.5 Å². The lowest BCUT2D eigenvalue weighted by Gasteiger charge is -2.32. The number of hydrogen-bond donors (Lipinski definition) is 1. The molecule has 10 nitrogen and oxygen atoms in total. The van der Waals surface area contributed by atoms with E-state index in [0.717, 1.165) is 50.6 Å². The van der Waals surface area contributed by atoms with Gasteiger partial charge < -0.3 is 24.1 Å². The average molecular weight is 639 g/mol. The first-order valence-corrected chi connectivity index (χ1v) is 16.3. The largest absolute Gasteiger partial charge is 0.461 e. The number of hydrogen-bond acceptors (Lipinski definition) is 7. The van der Waals surface area contributed by atoms with Gasteiger partial charge in [-0.3, -0.25) is 19.3 Å². The Bertz CT molecular complexity index is 1930. The summed E-state index contributed by atoms with van der Waals surface area (Å²) in [6.07, 6.45) is 9.78. The van der Waals surface area contributed by atoms with E-state index >= 15 is 4.39 Å². The summed E-state index contributed by atoms with van der Waals surface area (Å²) in [6, 6.07) is 10.5. The molecule has 11 heteroatoms. The summed E-state index contributed by atoms with van der Waals surface area (Å²) in [4.78, 5) is 47.7. The fraction of sp³-hybridized carbons (Fsp3) is 0.389. The third kappa shape index (κ3) is 5.84. The molecular formula is C36H39FN6O4. The van der Waals surface area contributed by atoms with Gasteiger partial charge in [0.15, 0.2) is 0 Å². The van der Waals surface area contributed by atoms with E-state index in [2.05, 4.69) is 26.8 Å². The van der Waals surface area contributed by atoms with Crippen LogP contribution in [0, 0.1) is 5.82 Å². The first kappa shape index (κ1) is 30.9. The van der Waals surface area contributed by atoms with Crippen LogP contribution in [-0.2, 0) is 42.6 Å². The highest BCUT2D eigenvalue weighted by atomic mass is 19.1. The Balaban J connectivity index is 1.26. The van der Waals surface area contributed by atoms with E-state index in [1.54, 1.807) is 24.2 Å². The predicted molar refractivity (Wildman–Crippen MR) is 177 cm³/mol. The maximum atomic E-state index is 15.5. The summed E-state index contributed by atoms with van der Waals surface area (Å²) in [7, 11) is 3.73. The fourth-order valence-corrected chi connectivity index (χ4v) is 7.41. The van der Waals surface area contributed by atoms with Crippen LogP contribution in [0.3, 0.4) is 0 Å². The molecule has 1 amide bonds. The Morgan fingerprint density at radius 3 is 2.62 bits per heavy atom. The number of aryl methyl sites for hydroxylation is 2. The molecule has 1 saturated heterocycles. The lowest BCUT2D eigenvalue weighted by Crippen LogP contribution is -2.41. The molecule has 0 saturated carbocycles. The third-order valence-corrected chi connectivity index (χ3v) is 9.77. The fourth-order valence-electron chi connectivity index (χ4n) is 7.41. The minimum absolute atomic E-state index is 0.175. The van der Waals surface area contributed by atoms with Crippen molar-refractivity contribution in [1.82, 2.24) is 19.0 Å². The van der Waals surface area contributed by atoms with Crippen LogP contribution < -0.4 is 15.8 Å². The molecule has 244 valence electrons. The zero-order valence-corrected chi connectivity index (χ0v) is 27.0. The zero-order valence-electron chi connectivity index (χ0n) is 27.0. The van der Waals surface area contributed by atoms with Crippen LogP contribution in [0.4, 0.5) is 21.6 Å². The molecule has 1 atom stereocenters. The van der Waals surface area contributed by atoms with Gasteiger partial charge in [0.1, 0.15) is 29.6 Å². The summed E-state index contributed by atoms with van der Waals surface area (Å²) in [6.45, 7) is 3.12. The van der Waals surface area contributed by atoms with Crippen molar-refractivity contribution in [1.29, 1.82) is 0 Å². The molecule has 1 unspecified atom stereocenters. The van der Waals surface area contributed by atoms with E-state index in [-0.39, 0.29) is 23.8 Å². The van der Waals surface area contributed by atoms with Crippen molar-refractivity contribution < 1.29 is 18.7 Å². The van der Waals surface area contributed by atoms with Crippen LogP contribution in [0.1, 0.15) is 71.5 Å². The summed E-state index contributed by atoms with van der Waals surface area (Å²) in [5, 5.41) is 3.15. The van der Waals surface area contributed by atoms with Crippen LogP contribution in [0.2, 0.25) is 0 Å². The van der Waals surface area contributed by atoms with E-state index < -0.39 is 11.8 Å². The Kier molecular flexibility index (Phi) is 8.17. The van der Waals surface area contributed by atoms with E-state index in [1.165, 1.54) is 34.9 Å². The highest BCUT2D eigenvalue weighted by Gasteiger charge is 2.32.